The van der Waals surface area contributed by atoms with E-state index in [0.717, 1.165) is 16.6 Å². The molecular weight excluding hydrogens is 266 g/mol. The van der Waals surface area contributed by atoms with Gasteiger partial charge in [-0.1, -0.05) is 0 Å². The molecule has 3 aromatic rings. The Morgan fingerprint density at radius 1 is 1.14 bits per heavy atom. The fourth-order valence-corrected chi connectivity index (χ4v) is 2.28. The minimum atomic E-state index is -0.269. The van der Waals surface area contributed by atoms with Crippen LogP contribution in [0.4, 0.5) is 5.69 Å². The van der Waals surface area contributed by atoms with E-state index >= 15 is 0 Å². The number of amides is 1. The molecule has 5 nitrogen and oxygen atoms in total. The third-order valence-corrected chi connectivity index (χ3v) is 3.35. The van der Waals surface area contributed by atoms with Crippen LogP contribution in [0.2, 0.25) is 0 Å². The molecule has 1 amide bonds. The normalized spacial score (nSPS) is 10.8. The van der Waals surface area contributed by atoms with Crippen molar-refractivity contribution in [2.75, 3.05) is 5.32 Å². The standard InChI is InChI=1S/C16H15N3O2/c1-9-5-11-6-13(3-4-14(11)18-9)19-16(21)15-7-12(8-17-15)10(2)20/h3-8,17-18H,1-2H3,(H,19,21). The second-order valence-corrected chi connectivity index (χ2v) is 5.07. The van der Waals surface area contributed by atoms with E-state index in [2.05, 4.69) is 15.3 Å². The number of H-pyrrole nitrogens is 2. The summed E-state index contributed by atoms with van der Waals surface area (Å²) in [7, 11) is 0. The van der Waals surface area contributed by atoms with Gasteiger partial charge in [-0.3, -0.25) is 9.59 Å². The molecule has 3 N–H and O–H groups in total. The van der Waals surface area contributed by atoms with Crippen molar-refractivity contribution < 1.29 is 9.59 Å². The Bertz CT molecular complexity index is 842. The lowest BCUT2D eigenvalue weighted by Crippen LogP contribution is -2.12. The first kappa shape index (κ1) is 13.2. The highest BCUT2D eigenvalue weighted by Crippen LogP contribution is 2.20. The van der Waals surface area contributed by atoms with E-state index in [1.807, 2.05) is 31.2 Å². The number of ketones is 1. The van der Waals surface area contributed by atoms with Crippen LogP contribution in [0.25, 0.3) is 10.9 Å². The van der Waals surface area contributed by atoms with Crippen molar-refractivity contribution in [2.24, 2.45) is 0 Å². The zero-order chi connectivity index (χ0) is 15.0. The molecule has 21 heavy (non-hydrogen) atoms. The monoisotopic (exact) mass is 281 g/mol. The minimum absolute atomic E-state index is 0.0745. The molecule has 0 saturated carbocycles. The highest BCUT2D eigenvalue weighted by atomic mass is 16.2. The molecule has 0 saturated heterocycles. The van der Waals surface area contributed by atoms with Crippen molar-refractivity contribution in [3.63, 3.8) is 0 Å². The molecule has 0 aliphatic rings. The van der Waals surface area contributed by atoms with Crippen LogP contribution in [0.1, 0.15) is 33.5 Å². The number of anilines is 1. The van der Waals surface area contributed by atoms with Gasteiger partial charge in [-0.05, 0) is 44.2 Å². The number of hydrogen-bond donors (Lipinski definition) is 3. The van der Waals surface area contributed by atoms with Gasteiger partial charge in [-0.2, -0.15) is 0 Å². The van der Waals surface area contributed by atoms with E-state index in [9.17, 15) is 9.59 Å². The number of aromatic amines is 2. The molecule has 2 heterocycles. The third kappa shape index (κ3) is 2.58. The largest absolute Gasteiger partial charge is 0.359 e. The van der Waals surface area contributed by atoms with Crippen molar-refractivity contribution >= 4 is 28.3 Å². The molecule has 0 spiro atoms. The zero-order valence-corrected chi connectivity index (χ0v) is 11.8. The van der Waals surface area contributed by atoms with E-state index in [-0.39, 0.29) is 11.7 Å². The molecular formula is C16H15N3O2. The predicted octanol–water partition coefficient (Wildman–Crippen LogP) is 3.26. The van der Waals surface area contributed by atoms with Crippen molar-refractivity contribution in [1.29, 1.82) is 0 Å². The van der Waals surface area contributed by atoms with Crippen LogP contribution in [0.5, 0.6) is 0 Å². The van der Waals surface area contributed by atoms with Gasteiger partial charge in [0.1, 0.15) is 5.69 Å². The summed E-state index contributed by atoms with van der Waals surface area (Å²) in [5.41, 5.74) is 3.68. The second-order valence-electron chi connectivity index (χ2n) is 5.07. The Morgan fingerprint density at radius 2 is 1.95 bits per heavy atom. The van der Waals surface area contributed by atoms with Crippen molar-refractivity contribution in [3.8, 4) is 0 Å². The maximum absolute atomic E-state index is 12.1. The molecule has 0 radical (unpaired) electrons. The summed E-state index contributed by atoms with van der Waals surface area (Å²) in [6, 6.07) is 9.24. The number of nitrogens with one attached hydrogen (secondary N) is 3. The Morgan fingerprint density at radius 3 is 2.67 bits per heavy atom. The number of fused-ring (bicyclic) bond motifs is 1. The SMILES string of the molecule is CC(=O)c1c[nH]c(C(=O)Nc2ccc3[nH]c(C)cc3c2)c1. The van der Waals surface area contributed by atoms with E-state index in [0.29, 0.717) is 16.9 Å². The first-order valence-corrected chi connectivity index (χ1v) is 6.63. The van der Waals surface area contributed by atoms with Gasteiger partial charge in [0.2, 0.25) is 0 Å². The fourth-order valence-electron chi connectivity index (χ4n) is 2.28. The lowest BCUT2D eigenvalue weighted by molar-refractivity contribution is 0.101. The molecule has 2 aromatic heterocycles. The molecule has 1 aromatic carbocycles. The Labute approximate surface area is 121 Å². The average molecular weight is 281 g/mol. The number of benzene rings is 1. The lowest BCUT2D eigenvalue weighted by Gasteiger charge is -2.03. The average Bonchev–Trinajstić information content (AvgIpc) is 3.03. The van der Waals surface area contributed by atoms with Gasteiger partial charge in [-0.25, -0.2) is 0 Å². The highest BCUT2D eigenvalue weighted by molar-refractivity contribution is 6.06. The van der Waals surface area contributed by atoms with Gasteiger partial charge in [0.05, 0.1) is 0 Å². The lowest BCUT2D eigenvalue weighted by atomic mass is 10.2. The summed E-state index contributed by atoms with van der Waals surface area (Å²) in [5.74, 6) is -0.344. The number of hydrogen-bond acceptors (Lipinski definition) is 2. The summed E-state index contributed by atoms with van der Waals surface area (Å²) in [6.07, 6.45) is 1.54. The molecule has 5 heteroatoms. The summed E-state index contributed by atoms with van der Waals surface area (Å²) >= 11 is 0. The van der Waals surface area contributed by atoms with Crippen LogP contribution in [0, 0.1) is 6.92 Å². The Kier molecular flexibility index (Phi) is 3.10. The summed E-state index contributed by atoms with van der Waals surface area (Å²) < 4.78 is 0. The molecule has 0 fully saturated rings. The molecule has 0 aliphatic heterocycles. The Hall–Kier alpha value is -2.82. The molecule has 0 unspecified atom stereocenters. The van der Waals surface area contributed by atoms with Gasteiger partial charge in [0, 0.05) is 34.0 Å². The van der Waals surface area contributed by atoms with Crippen molar-refractivity contribution in [1.82, 2.24) is 9.97 Å². The van der Waals surface area contributed by atoms with Gasteiger partial charge >= 0.3 is 0 Å². The van der Waals surface area contributed by atoms with E-state index in [1.165, 1.54) is 13.1 Å². The van der Waals surface area contributed by atoms with Crippen LogP contribution < -0.4 is 5.32 Å². The minimum Gasteiger partial charge on any atom is -0.359 e. The maximum Gasteiger partial charge on any atom is 0.272 e. The summed E-state index contributed by atoms with van der Waals surface area (Å²) in [6.45, 7) is 3.45. The van der Waals surface area contributed by atoms with Crippen molar-refractivity contribution in [3.05, 3.63) is 53.5 Å². The number of rotatable bonds is 3. The zero-order valence-electron chi connectivity index (χ0n) is 11.8. The summed E-state index contributed by atoms with van der Waals surface area (Å²) in [4.78, 5) is 29.4. The van der Waals surface area contributed by atoms with Crippen LogP contribution >= 0.6 is 0 Å². The number of carbonyl (C=O) groups is 2. The topological polar surface area (TPSA) is 77.8 Å². The van der Waals surface area contributed by atoms with Gasteiger partial charge in [0.15, 0.2) is 5.78 Å². The first-order valence-electron chi connectivity index (χ1n) is 6.63. The van der Waals surface area contributed by atoms with Crippen LogP contribution in [-0.2, 0) is 0 Å². The van der Waals surface area contributed by atoms with Gasteiger partial charge in [0.25, 0.3) is 5.91 Å². The number of Topliss-reactive ketones (excluding diaryl/α,β-unsaturated/α-hetero) is 1. The molecule has 3 rings (SSSR count). The summed E-state index contributed by atoms with van der Waals surface area (Å²) in [5, 5.41) is 3.86. The third-order valence-electron chi connectivity index (χ3n) is 3.35. The predicted molar refractivity (Wildman–Crippen MR) is 81.8 cm³/mol. The van der Waals surface area contributed by atoms with Crippen LogP contribution in [-0.4, -0.2) is 21.7 Å². The second kappa shape index (κ2) is 4.94. The molecule has 106 valence electrons. The van der Waals surface area contributed by atoms with E-state index < -0.39 is 0 Å². The number of carbonyl (C=O) groups excluding carboxylic acids is 2. The first-order chi connectivity index (χ1) is 10.0. The van der Waals surface area contributed by atoms with E-state index in [1.54, 1.807) is 6.07 Å². The quantitative estimate of drug-likeness (QED) is 0.644. The maximum atomic E-state index is 12.1. The van der Waals surface area contributed by atoms with Crippen LogP contribution in [0.3, 0.4) is 0 Å². The smallest absolute Gasteiger partial charge is 0.272 e. The Balaban J connectivity index is 1.83. The molecule has 0 bridgehead atoms. The van der Waals surface area contributed by atoms with Crippen molar-refractivity contribution in [2.45, 2.75) is 13.8 Å². The van der Waals surface area contributed by atoms with Gasteiger partial charge in [-0.15, -0.1) is 0 Å². The number of aromatic nitrogens is 2. The van der Waals surface area contributed by atoms with Crippen LogP contribution in [0.15, 0.2) is 36.5 Å². The fraction of sp³-hybridized carbons (Fsp3) is 0.125. The van der Waals surface area contributed by atoms with Gasteiger partial charge < -0.3 is 15.3 Å². The van der Waals surface area contributed by atoms with E-state index in [4.69, 9.17) is 0 Å². The molecule has 0 aliphatic carbocycles. The number of aryl methyl sites for hydroxylation is 1. The molecule has 0 atom stereocenters. The highest BCUT2D eigenvalue weighted by Gasteiger charge is 2.11.